The molecule has 5 heteroatoms. The minimum absolute atomic E-state index is 0.0414. The van der Waals surface area contributed by atoms with Crippen molar-refractivity contribution in [2.24, 2.45) is 0 Å². The maximum atomic E-state index is 13.0. The molecular formula is C23H29N3O2. The van der Waals surface area contributed by atoms with Crippen LogP contribution in [0.4, 0.5) is 10.5 Å². The van der Waals surface area contributed by atoms with Crippen molar-refractivity contribution in [3.63, 3.8) is 0 Å². The Kier molecular flexibility index (Phi) is 6.24. The third-order valence-electron chi connectivity index (χ3n) is 5.55. The second-order valence-corrected chi connectivity index (χ2v) is 7.64. The summed E-state index contributed by atoms with van der Waals surface area (Å²) in [6, 6.07) is 18.1. The van der Waals surface area contributed by atoms with Crippen LogP contribution in [0, 0.1) is 0 Å². The topological polar surface area (TPSA) is 44.8 Å². The van der Waals surface area contributed by atoms with Crippen LogP contribution in [0.15, 0.2) is 54.6 Å². The van der Waals surface area contributed by atoms with Gasteiger partial charge in [-0.15, -0.1) is 0 Å². The Morgan fingerprint density at radius 2 is 1.71 bits per heavy atom. The van der Waals surface area contributed by atoms with Crippen LogP contribution in [-0.2, 0) is 4.74 Å². The molecule has 0 aliphatic carbocycles. The van der Waals surface area contributed by atoms with E-state index in [4.69, 9.17) is 4.74 Å². The average Bonchev–Trinajstić information content (AvgIpc) is 3.12. The van der Waals surface area contributed by atoms with Crippen LogP contribution in [-0.4, -0.2) is 61.3 Å². The number of amides is 2. The molecule has 0 radical (unpaired) electrons. The molecule has 4 rings (SSSR count). The molecule has 0 spiro atoms. The third kappa shape index (κ3) is 4.72. The molecule has 148 valence electrons. The number of hydrogen-bond donors (Lipinski definition) is 1. The fourth-order valence-electron chi connectivity index (χ4n) is 4.10. The standard InChI is InChI=1S/C23H29N3O2/c27-23(24-22-12-5-4-11-21(22)19-9-2-1-3-10-19)26-15-8-16-28-20(18-26)17-25-13-6-7-14-25/h1-5,9-12,20H,6-8,13-18H2,(H,24,27). The zero-order valence-electron chi connectivity index (χ0n) is 16.3. The summed E-state index contributed by atoms with van der Waals surface area (Å²) in [5.41, 5.74) is 2.99. The van der Waals surface area contributed by atoms with Gasteiger partial charge in [0.15, 0.2) is 0 Å². The lowest BCUT2D eigenvalue weighted by molar-refractivity contribution is 0.0355. The number of anilines is 1. The van der Waals surface area contributed by atoms with Crippen molar-refractivity contribution >= 4 is 11.7 Å². The van der Waals surface area contributed by atoms with Crippen LogP contribution in [0.1, 0.15) is 19.3 Å². The Labute approximate surface area is 167 Å². The van der Waals surface area contributed by atoms with E-state index in [1.165, 1.54) is 12.8 Å². The molecule has 2 aromatic carbocycles. The third-order valence-corrected chi connectivity index (χ3v) is 5.55. The number of urea groups is 1. The maximum Gasteiger partial charge on any atom is 0.321 e. The predicted octanol–water partition coefficient (Wildman–Crippen LogP) is 4.07. The van der Waals surface area contributed by atoms with Gasteiger partial charge in [0.1, 0.15) is 0 Å². The molecule has 1 N–H and O–H groups in total. The van der Waals surface area contributed by atoms with Gasteiger partial charge >= 0.3 is 6.03 Å². The van der Waals surface area contributed by atoms with Gasteiger partial charge < -0.3 is 19.9 Å². The fourth-order valence-corrected chi connectivity index (χ4v) is 4.10. The number of benzene rings is 2. The molecule has 1 atom stereocenters. The van der Waals surface area contributed by atoms with Gasteiger partial charge in [-0.3, -0.25) is 0 Å². The van der Waals surface area contributed by atoms with Crippen LogP contribution in [0.2, 0.25) is 0 Å². The van der Waals surface area contributed by atoms with E-state index in [9.17, 15) is 4.79 Å². The van der Waals surface area contributed by atoms with Crippen molar-refractivity contribution < 1.29 is 9.53 Å². The van der Waals surface area contributed by atoms with Gasteiger partial charge in [0, 0.05) is 31.8 Å². The number of para-hydroxylation sites is 1. The summed E-state index contributed by atoms with van der Waals surface area (Å²) < 4.78 is 6.03. The molecule has 2 saturated heterocycles. The first-order valence-corrected chi connectivity index (χ1v) is 10.3. The first kappa shape index (κ1) is 19.0. The summed E-state index contributed by atoms with van der Waals surface area (Å²) >= 11 is 0. The molecule has 0 saturated carbocycles. The number of ether oxygens (including phenoxy) is 1. The van der Waals surface area contributed by atoms with Gasteiger partial charge in [-0.2, -0.15) is 0 Å². The highest BCUT2D eigenvalue weighted by Crippen LogP contribution is 2.28. The molecule has 5 nitrogen and oxygen atoms in total. The zero-order valence-corrected chi connectivity index (χ0v) is 16.3. The molecule has 2 aliphatic heterocycles. The summed E-state index contributed by atoms with van der Waals surface area (Å²) in [7, 11) is 0. The molecule has 28 heavy (non-hydrogen) atoms. The summed E-state index contributed by atoms with van der Waals surface area (Å²) in [6.07, 6.45) is 3.51. The number of hydrogen-bond acceptors (Lipinski definition) is 3. The number of nitrogens with zero attached hydrogens (tertiary/aromatic N) is 2. The van der Waals surface area contributed by atoms with Crippen molar-refractivity contribution in [3.8, 4) is 11.1 Å². The van der Waals surface area contributed by atoms with Gasteiger partial charge in [-0.1, -0.05) is 48.5 Å². The van der Waals surface area contributed by atoms with Gasteiger partial charge in [0.2, 0.25) is 0 Å². The Morgan fingerprint density at radius 1 is 0.964 bits per heavy atom. The monoisotopic (exact) mass is 379 g/mol. The normalized spacial score (nSPS) is 20.7. The van der Waals surface area contributed by atoms with Crippen LogP contribution in [0.3, 0.4) is 0 Å². The van der Waals surface area contributed by atoms with Gasteiger partial charge in [0.25, 0.3) is 0 Å². The van der Waals surface area contributed by atoms with Crippen molar-refractivity contribution in [2.75, 3.05) is 44.6 Å². The molecule has 2 fully saturated rings. The van der Waals surface area contributed by atoms with Crippen molar-refractivity contribution in [1.82, 2.24) is 9.80 Å². The lowest BCUT2D eigenvalue weighted by atomic mass is 10.0. The van der Waals surface area contributed by atoms with E-state index < -0.39 is 0 Å². The number of rotatable bonds is 4. The van der Waals surface area contributed by atoms with Crippen LogP contribution >= 0.6 is 0 Å². The van der Waals surface area contributed by atoms with E-state index in [-0.39, 0.29) is 12.1 Å². The Morgan fingerprint density at radius 3 is 2.54 bits per heavy atom. The van der Waals surface area contributed by atoms with Crippen LogP contribution < -0.4 is 5.32 Å². The highest BCUT2D eigenvalue weighted by molar-refractivity contribution is 5.94. The lowest BCUT2D eigenvalue weighted by Crippen LogP contribution is -2.43. The molecule has 2 amide bonds. The molecule has 1 unspecified atom stereocenters. The summed E-state index contributed by atoms with van der Waals surface area (Å²) in [5, 5.41) is 3.14. The van der Waals surface area contributed by atoms with Crippen molar-refractivity contribution in [1.29, 1.82) is 0 Å². The van der Waals surface area contributed by atoms with Crippen molar-refractivity contribution in [2.45, 2.75) is 25.4 Å². The lowest BCUT2D eigenvalue weighted by Gasteiger charge is -2.27. The number of likely N-dealkylation sites (tertiary alicyclic amines) is 1. The largest absolute Gasteiger partial charge is 0.375 e. The van der Waals surface area contributed by atoms with Crippen LogP contribution in [0.25, 0.3) is 11.1 Å². The first-order chi connectivity index (χ1) is 13.8. The van der Waals surface area contributed by atoms with E-state index in [0.717, 1.165) is 56.0 Å². The highest BCUT2D eigenvalue weighted by atomic mass is 16.5. The molecule has 2 heterocycles. The molecule has 0 bridgehead atoms. The zero-order chi connectivity index (χ0) is 19.2. The molecule has 2 aliphatic rings. The van der Waals surface area contributed by atoms with Gasteiger partial charge in [-0.25, -0.2) is 4.79 Å². The SMILES string of the molecule is O=C(Nc1ccccc1-c1ccccc1)N1CCCOC(CN2CCCC2)C1. The Balaban J connectivity index is 1.44. The smallest absolute Gasteiger partial charge is 0.321 e. The summed E-state index contributed by atoms with van der Waals surface area (Å²) in [5.74, 6) is 0. The number of carbonyl (C=O) groups is 1. The van der Waals surface area contributed by atoms with E-state index >= 15 is 0 Å². The maximum absolute atomic E-state index is 13.0. The first-order valence-electron chi connectivity index (χ1n) is 10.3. The second kappa shape index (κ2) is 9.22. The van der Waals surface area contributed by atoms with Gasteiger partial charge in [-0.05, 0) is 44.0 Å². The van der Waals surface area contributed by atoms with Crippen LogP contribution in [0.5, 0.6) is 0 Å². The summed E-state index contributed by atoms with van der Waals surface area (Å²) in [6.45, 7) is 5.33. The second-order valence-electron chi connectivity index (χ2n) is 7.64. The average molecular weight is 380 g/mol. The molecular weight excluding hydrogens is 350 g/mol. The van der Waals surface area contributed by atoms with Crippen molar-refractivity contribution in [3.05, 3.63) is 54.6 Å². The predicted molar refractivity (Wildman–Crippen MR) is 113 cm³/mol. The fraction of sp³-hybridized carbons (Fsp3) is 0.435. The van der Waals surface area contributed by atoms with E-state index in [0.29, 0.717) is 6.54 Å². The Hall–Kier alpha value is -2.37. The molecule has 0 aromatic heterocycles. The van der Waals surface area contributed by atoms with E-state index in [1.807, 2.05) is 47.4 Å². The van der Waals surface area contributed by atoms with Gasteiger partial charge in [0.05, 0.1) is 11.8 Å². The quantitative estimate of drug-likeness (QED) is 0.871. The minimum atomic E-state index is -0.0414. The number of nitrogens with one attached hydrogen (secondary N) is 1. The Bertz CT molecular complexity index is 774. The van der Waals surface area contributed by atoms with E-state index in [1.54, 1.807) is 0 Å². The highest BCUT2D eigenvalue weighted by Gasteiger charge is 2.25. The van der Waals surface area contributed by atoms with E-state index in [2.05, 4.69) is 22.3 Å². The minimum Gasteiger partial charge on any atom is -0.375 e. The summed E-state index contributed by atoms with van der Waals surface area (Å²) in [4.78, 5) is 17.4. The molecule has 2 aromatic rings. The number of carbonyl (C=O) groups excluding carboxylic acids is 1.